The first-order valence-corrected chi connectivity index (χ1v) is 11.3. The lowest BCUT2D eigenvalue weighted by molar-refractivity contribution is -0.137. The molecule has 0 saturated heterocycles. The van der Waals surface area contributed by atoms with Gasteiger partial charge in [0.05, 0.1) is 28.7 Å². The van der Waals surface area contributed by atoms with Crippen LogP contribution in [0.1, 0.15) is 24.0 Å². The summed E-state index contributed by atoms with van der Waals surface area (Å²) in [5.74, 6) is -4.86. The van der Waals surface area contributed by atoms with E-state index in [0.29, 0.717) is 12.1 Å². The highest BCUT2D eigenvalue weighted by atomic mass is 32.2. The number of aliphatic hydroxyl groups is 2. The summed E-state index contributed by atoms with van der Waals surface area (Å²) < 4.78 is 99.5. The number of hydrogen-bond acceptors (Lipinski definition) is 5. The van der Waals surface area contributed by atoms with Crippen molar-refractivity contribution in [1.29, 1.82) is 0 Å². The Morgan fingerprint density at radius 1 is 1.06 bits per heavy atom. The van der Waals surface area contributed by atoms with E-state index in [9.17, 15) is 36.2 Å². The van der Waals surface area contributed by atoms with Crippen molar-refractivity contribution < 1.29 is 45.3 Å². The largest absolute Gasteiger partial charge is 0.490 e. The van der Waals surface area contributed by atoms with Gasteiger partial charge in [0.1, 0.15) is 10.6 Å². The van der Waals surface area contributed by atoms with Crippen LogP contribution in [0.4, 0.5) is 22.0 Å². The maximum atomic E-state index is 15.1. The van der Waals surface area contributed by atoms with Gasteiger partial charge < -0.3 is 14.9 Å². The Labute approximate surface area is 180 Å². The first-order chi connectivity index (χ1) is 14.9. The molecule has 0 radical (unpaired) electrons. The van der Waals surface area contributed by atoms with Crippen LogP contribution in [0.25, 0.3) is 0 Å². The van der Waals surface area contributed by atoms with Crippen molar-refractivity contribution >= 4 is 9.84 Å². The second-order valence-corrected chi connectivity index (χ2v) is 10.2. The van der Waals surface area contributed by atoms with Crippen LogP contribution in [0.2, 0.25) is 0 Å². The van der Waals surface area contributed by atoms with Crippen LogP contribution in [0, 0.1) is 23.5 Å². The van der Waals surface area contributed by atoms with E-state index in [-0.39, 0.29) is 12.8 Å². The summed E-state index contributed by atoms with van der Waals surface area (Å²) >= 11 is 0. The summed E-state index contributed by atoms with van der Waals surface area (Å²) in [4.78, 5) is -0.514. The van der Waals surface area contributed by atoms with Gasteiger partial charge in [-0.2, -0.15) is 13.2 Å². The van der Waals surface area contributed by atoms with E-state index in [1.807, 2.05) is 0 Å². The van der Waals surface area contributed by atoms with Gasteiger partial charge in [-0.05, 0) is 49.2 Å². The molecular formula is C21H19F5O5S. The third-order valence-corrected chi connectivity index (χ3v) is 9.06. The van der Waals surface area contributed by atoms with Gasteiger partial charge in [-0.15, -0.1) is 0 Å². The van der Waals surface area contributed by atoms with Crippen LogP contribution in [0.5, 0.6) is 5.75 Å². The molecule has 11 heteroatoms. The Morgan fingerprint density at radius 3 is 2.28 bits per heavy atom. The van der Waals surface area contributed by atoms with E-state index in [1.165, 1.54) is 0 Å². The van der Waals surface area contributed by atoms with Gasteiger partial charge in [-0.25, -0.2) is 17.2 Å². The maximum absolute atomic E-state index is 15.1. The van der Waals surface area contributed by atoms with Crippen LogP contribution >= 0.6 is 0 Å². The molecule has 0 bridgehead atoms. The van der Waals surface area contributed by atoms with Crippen molar-refractivity contribution in [3.63, 3.8) is 0 Å². The molecule has 1 unspecified atom stereocenters. The monoisotopic (exact) mass is 478 g/mol. The zero-order valence-electron chi connectivity index (χ0n) is 16.4. The molecule has 2 aliphatic rings. The molecule has 174 valence electrons. The number of halogens is 5. The molecule has 2 N–H and O–H groups in total. The molecule has 1 aliphatic heterocycles. The van der Waals surface area contributed by atoms with Gasteiger partial charge in [-0.3, -0.25) is 0 Å². The van der Waals surface area contributed by atoms with Crippen LogP contribution in [0.15, 0.2) is 41.3 Å². The fourth-order valence-electron chi connectivity index (χ4n) is 4.94. The van der Waals surface area contributed by atoms with Gasteiger partial charge in [0.2, 0.25) is 0 Å². The highest BCUT2D eigenvalue weighted by molar-refractivity contribution is 7.92. The van der Waals surface area contributed by atoms with Crippen LogP contribution in [0.3, 0.4) is 0 Å². The number of rotatable bonds is 3. The fraction of sp³-hybridized carbons (Fsp3) is 0.429. The quantitative estimate of drug-likeness (QED) is 0.661. The smallest absolute Gasteiger partial charge is 0.416 e. The minimum absolute atomic E-state index is 0.156. The first-order valence-electron chi connectivity index (χ1n) is 9.77. The Morgan fingerprint density at radius 2 is 1.69 bits per heavy atom. The number of sulfone groups is 1. The first kappa shape index (κ1) is 22.9. The molecule has 1 saturated carbocycles. The van der Waals surface area contributed by atoms with E-state index in [0.717, 1.165) is 24.3 Å². The van der Waals surface area contributed by atoms with E-state index in [1.54, 1.807) is 0 Å². The summed E-state index contributed by atoms with van der Waals surface area (Å²) in [6, 6.07) is 4.28. The zero-order chi connectivity index (χ0) is 23.5. The van der Waals surface area contributed by atoms with E-state index in [4.69, 9.17) is 4.74 Å². The van der Waals surface area contributed by atoms with Crippen LogP contribution in [-0.2, 0) is 20.8 Å². The highest BCUT2D eigenvalue weighted by Crippen LogP contribution is 2.58. The topological polar surface area (TPSA) is 83.8 Å². The lowest BCUT2D eigenvalue weighted by Gasteiger charge is -2.51. The summed E-state index contributed by atoms with van der Waals surface area (Å²) in [5.41, 5.74) is -1.64. The number of hydrogen-bond donors (Lipinski definition) is 2. The minimum Gasteiger partial charge on any atom is -0.490 e. The maximum Gasteiger partial charge on any atom is 0.416 e. The molecule has 2 aromatic rings. The predicted molar refractivity (Wildman–Crippen MR) is 101 cm³/mol. The highest BCUT2D eigenvalue weighted by Gasteiger charge is 2.62. The second kappa shape index (κ2) is 7.67. The lowest BCUT2D eigenvalue weighted by atomic mass is 9.66. The molecule has 4 rings (SSSR count). The second-order valence-electron chi connectivity index (χ2n) is 8.02. The molecule has 32 heavy (non-hydrogen) atoms. The minimum atomic E-state index is -4.69. The van der Waals surface area contributed by atoms with Crippen molar-refractivity contribution in [2.24, 2.45) is 11.8 Å². The van der Waals surface area contributed by atoms with Crippen molar-refractivity contribution in [3.8, 4) is 5.75 Å². The average molecular weight is 478 g/mol. The van der Waals surface area contributed by atoms with Crippen LogP contribution in [-0.4, -0.2) is 37.9 Å². The molecule has 2 aromatic carbocycles. The van der Waals surface area contributed by atoms with Gasteiger partial charge in [-0.1, -0.05) is 0 Å². The zero-order valence-corrected chi connectivity index (χ0v) is 17.3. The predicted octanol–water partition coefficient (Wildman–Crippen LogP) is 3.42. The molecule has 0 spiro atoms. The third kappa shape index (κ3) is 3.20. The number of benzene rings is 2. The molecule has 4 atom stereocenters. The van der Waals surface area contributed by atoms with Gasteiger partial charge >= 0.3 is 6.18 Å². The normalized spacial score (nSPS) is 27.9. The fourth-order valence-corrected chi connectivity index (χ4v) is 7.34. The number of alkyl halides is 3. The van der Waals surface area contributed by atoms with Crippen LogP contribution < -0.4 is 4.74 Å². The standard InChI is InChI=1S/C21H19F5O5S/c22-15-5-6-16(23)19-18(15)20(8-7-17(28)13(9-27)14(20)10-31-19)32(29,30)12-3-1-11(2-4-12)21(24,25)26/h1-6,13-14,17,27-28H,7-10H2/t13?,14-,17-,20-/m0/s1. The molecule has 1 heterocycles. The molecule has 0 amide bonds. The molecular weight excluding hydrogens is 459 g/mol. The summed E-state index contributed by atoms with van der Waals surface area (Å²) in [7, 11) is -4.64. The third-order valence-electron chi connectivity index (χ3n) is 6.49. The Kier molecular flexibility index (Phi) is 5.50. The van der Waals surface area contributed by atoms with Crippen molar-refractivity contribution in [3.05, 3.63) is 59.2 Å². The molecule has 0 aromatic heterocycles. The van der Waals surface area contributed by atoms with Crippen molar-refractivity contribution in [2.45, 2.75) is 34.8 Å². The Hall–Kier alpha value is -2.24. The van der Waals surface area contributed by atoms with E-state index >= 15 is 4.39 Å². The Balaban J connectivity index is 1.98. The summed E-state index contributed by atoms with van der Waals surface area (Å²) in [6.07, 6.45) is -6.31. The van der Waals surface area contributed by atoms with Gasteiger partial charge in [0.25, 0.3) is 0 Å². The lowest BCUT2D eigenvalue weighted by Crippen LogP contribution is -2.58. The molecule has 1 aliphatic carbocycles. The number of ether oxygens (including phenoxy) is 1. The number of fused-ring (bicyclic) bond motifs is 3. The van der Waals surface area contributed by atoms with Crippen molar-refractivity contribution in [1.82, 2.24) is 0 Å². The summed E-state index contributed by atoms with van der Waals surface area (Å²) in [6.45, 7) is -1.08. The average Bonchev–Trinajstić information content (AvgIpc) is 2.75. The number of aliphatic hydroxyl groups excluding tert-OH is 2. The SMILES string of the molecule is O=S(=O)(c1ccc(C(F)(F)F)cc1)[C@@]12CC[C@H](O)C(CO)[C@@H]1COc1c(F)ccc(F)c12. The summed E-state index contributed by atoms with van der Waals surface area (Å²) in [5, 5.41) is 20.2. The van der Waals surface area contributed by atoms with E-state index in [2.05, 4.69) is 0 Å². The molecule has 1 fully saturated rings. The van der Waals surface area contributed by atoms with Gasteiger partial charge in [0.15, 0.2) is 21.4 Å². The molecule has 5 nitrogen and oxygen atoms in total. The van der Waals surface area contributed by atoms with E-state index < -0.39 is 85.3 Å². The Bertz CT molecular complexity index is 1130. The van der Waals surface area contributed by atoms with Gasteiger partial charge in [0, 0.05) is 18.4 Å². The van der Waals surface area contributed by atoms with Crippen molar-refractivity contribution in [2.75, 3.05) is 13.2 Å².